The lowest BCUT2D eigenvalue weighted by atomic mass is 10.0. The first-order valence-electron chi connectivity index (χ1n) is 5.92. The van der Waals surface area contributed by atoms with Gasteiger partial charge in [-0.25, -0.2) is 13.6 Å². The van der Waals surface area contributed by atoms with Gasteiger partial charge in [-0.05, 0) is 42.8 Å². The van der Waals surface area contributed by atoms with Crippen molar-refractivity contribution in [1.82, 2.24) is 0 Å². The lowest BCUT2D eigenvalue weighted by molar-refractivity contribution is -0.144. The number of ether oxygens (including phenoxy) is 1. The summed E-state index contributed by atoms with van der Waals surface area (Å²) in [7, 11) is 0. The highest BCUT2D eigenvalue weighted by atomic mass is 19.1. The van der Waals surface area contributed by atoms with E-state index in [1.165, 1.54) is 19.1 Å². The maximum absolute atomic E-state index is 13.6. The number of carboxylic acid groups (broad SMARTS) is 1. The van der Waals surface area contributed by atoms with Gasteiger partial charge in [0.15, 0.2) is 6.10 Å². The highest BCUT2D eigenvalue weighted by molar-refractivity contribution is 5.72. The molecule has 5 heteroatoms. The molecule has 2 aromatic rings. The van der Waals surface area contributed by atoms with Crippen LogP contribution in [0.1, 0.15) is 6.92 Å². The molecule has 104 valence electrons. The van der Waals surface area contributed by atoms with Crippen LogP contribution in [-0.4, -0.2) is 17.2 Å². The van der Waals surface area contributed by atoms with Crippen molar-refractivity contribution in [2.75, 3.05) is 0 Å². The molecule has 0 aliphatic rings. The highest BCUT2D eigenvalue weighted by Gasteiger charge is 2.12. The molecular weight excluding hydrogens is 266 g/mol. The molecule has 0 aliphatic carbocycles. The lowest BCUT2D eigenvalue weighted by Crippen LogP contribution is -2.22. The largest absolute Gasteiger partial charge is 0.479 e. The predicted octanol–water partition coefficient (Wildman–Crippen LogP) is 3.48. The molecule has 0 fully saturated rings. The van der Waals surface area contributed by atoms with Crippen molar-refractivity contribution in [3.05, 3.63) is 54.1 Å². The van der Waals surface area contributed by atoms with Crippen LogP contribution in [-0.2, 0) is 4.79 Å². The molecule has 0 radical (unpaired) electrons. The minimum absolute atomic E-state index is 0.142. The summed E-state index contributed by atoms with van der Waals surface area (Å²) in [5.74, 6) is -1.79. The Morgan fingerprint density at radius 1 is 1.15 bits per heavy atom. The maximum atomic E-state index is 13.6. The van der Waals surface area contributed by atoms with Crippen LogP contribution in [0.4, 0.5) is 8.78 Å². The number of hydrogen-bond donors (Lipinski definition) is 1. The van der Waals surface area contributed by atoms with Gasteiger partial charge in [-0.3, -0.25) is 0 Å². The first kappa shape index (κ1) is 14.0. The van der Waals surface area contributed by atoms with E-state index in [4.69, 9.17) is 9.84 Å². The second-order valence-electron chi connectivity index (χ2n) is 4.25. The zero-order valence-electron chi connectivity index (χ0n) is 10.6. The van der Waals surface area contributed by atoms with Gasteiger partial charge in [0.05, 0.1) is 0 Å². The predicted molar refractivity (Wildman–Crippen MR) is 69.5 cm³/mol. The van der Waals surface area contributed by atoms with Gasteiger partial charge < -0.3 is 9.84 Å². The third-order valence-electron chi connectivity index (χ3n) is 2.75. The van der Waals surface area contributed by atoms with Crippen molar-refractivity contribution in [2.24, 2.45) is 0 Å². The molecule has 0 bridgehead atoms. The quantitative estimate of drug-likeness (QED) is 0.931. The molecule has 3 nitrogen and oxygen atoms in total. The van der Waals surface area contributed by atoms with E-state index in [1.807, 2.05) is 0 Å². The molecule has 2 aromatic carbocycles. The summed E-state index contributed by atoms with van der Waals surface area (Å²) in [6.07, 6.45) is -0.980. The Morgan fingerprint density at radius 3 is 2.40 bits per heavy atom. The summed E-state index contributed by atoms with van der Waals surface area (Å²) in [4.78, 5) is 10.7. The normalized spacial score (nSPS) is 11.9. The highest BCUT2D eigenvalue weighted by Crippen LogP contribution is 2.26. The number of aliphatic carboxylic acids is 1. The Labute approximate surface area is 114 Å². The summed E-state index contributed by atoms with van der Waals surface area (Å²) in [5, 5.41) is 8.73. The van der Waals surface area contributed by atoms with E-state index in [2.05, 4.69) is 0 Å². The zero-order valence-corrected chi connectivity index (χ0v) is 10.6. The third kappa shape index (κ3) is 3.12. The monoisotopic (exact) mass is 278 g/mol. The Bertz CT molecular complexity index is 624. The fourth-order valence-corrected chi connectivity index (χ4v) is 1.69. The van der Waals surface area contributed by atoms with Crippen LogP contribution < -0.4 is 4.74 Å². The van der Waals surface area contributed by atoms with Gasteiger partial charge in [0.2, 0.25) is 0 Å². The standard InChI is InChI=1S/C15H12F2O3/c1-9(15(18)19)20-12-5-2-10(3-6-12)13-8-11(16)4-7-14(13)17/h2-9H,1H3,(H,18,19). The minimum atomic E-state index is -1.08. The van der Waals surface area contributed by atoms with Crippen LogP contribution in [0, 0.1) is 11.6 Å². The smallest absolute Gasteiger partial charge is 0.344 e. The number of hydrogen-bond acceptors (Lipinski definition) is 2. The Morgan fingerprint density at radius 2 is 1.80 bits per heavy atom. The number of halogens is 2. The van der Waals surface area contributed by atoms with E-state index >= 15 is 0 Å². The van der Waals surface area contributed by atoms with Crippen molar-refractivity contribution in [2.45, 2.75) is 13.0 Å². The van der Waals surface area contributed by atoms with Crippen molar-refractivity contribution in [3.63, 3.8) is 0 Å². The van der Waals surface area contributed by atoms with Gasteiger partial charge in [0.1, 0.15) is 17.4 Å². The molecule has 0 heterocycles. The Kier molecular flexibility index (Phi) is 3.98. The third-order valence-corrected chi connectivity index (χ3v) is 2.75. The summed E-state index contributed by atoms with van der Waals surface area (Å²) >= 11 is 0. The topological polar surface area (TPSA) is 46.5 Å². The van der Waals surface area contributed by atoms with Gasteiger partial charge in [-0.2, -0.15) is 0 Å². The van der Waals surface area contributed by atoms with Gasteiger partial charge >= 0.3 is 5.97 Å². The summed E-state index contributed by atoms with van der Waals surface area (Å²) in [6, 6.07) is 9.32. The second kappa shape index (κ2) is 5.69. The number of carboxylic acids is 1. The van der Waals surface area contributed by atoms with Crippen molar-refractivity contribution in [1.29, 1.82) is 0 Å². The summed E-state index contributed by atoms with van der Waals surface area (Å²) in [5.41, 5.74) is 0.625. The minimum Gasteiger partial charge on any atom is -0.479 e. The lowest BCUT2D eigenvalue weighted by Gasteiger charge is -2.11. The molecule has 2 rings (SSSR count). The molecule has 0 amide bonds. The Hall–Kier alpha value is -2.43. The second-order valence-corrected chi connectivity index (χ2v) is 4.25. The van der Waals surface area contributed by atoms with Crippen LogP contribution >= 0.6 is 0 Å². The molecule has 1 unspecified atom stereocenters. The molecule has 0 saturated heterocycles. The molecule has 1 atom stereocenters. The van der Waals surface area contributed by atoms with Crippen LogP contribution in [0.15, 0.2) is 42.5 Å². The fourth-order valence-electron chi connectivity index (χ4n) is 1.69. The van der Waals surface area contributed by atoms with Gasteiger partial charge in [0, 0.05) is 5.56 Å². The van der Waals surface area contributed by atoms with Gasteiger partial charge in [-0.1, -0.05) is 12.1 Å². The van der Waals surface area contributed by atoms with Crippen molar-refractivity contribution >= 4 is 5.97 Å². The van der Waals surface area contributed by atoms with Crippen LogP contribution in [0.2, 0.25) is 0 Å². The van der Waals surface area contributed by atoms with Crippen molar-refractivity contribution < 1.29 is 23.4 Å². The van der Waals surface area contributed by atoms with E-state index in [1.54, 1.807) is 12.1 Å². The van der Waals surface area contributed by atoms with E-state index in [-0.39, 0.29) is 5.56 Å². The average Bonchev–Trinajstić information content (AvgIpc) is 2.42. The molecule has 20 heavy (non-hydrogen) atoms. The van der Waals surface area contributed by atoms with Crippen LogP contribution in [0.5, 0.6) is 5.75 Å². The number of carbonyl (C=O) groups is 1. The first-order valence-corrected chi connectivity index (χ1v) is 5.92. The fraction of sp³-hybridized carbons (Fsp3) is 0.133. The first-order chi connectivity index (χ1) is 9.47. The van der Waals surface area contributed by atoms with Gasteiger partial charge in [0.25, 0.3) is 0 Å². The number of benzene rings is 2. The van der Waals surface area contributed by atoms with E-state index in [9.17, 15) is 13.6 Å². The van der Waals surface area contributed by atoms with Crippen LogP contribution in [0.25, 0.3) is 11.1 Å². The number of rotatable bonds is 4. The zero-order chi connectivity index (χ0) is 14.7. The molecule has 0 aromatic heterocycles. The molecule has 0 spiro atoms. The summed E-state index contributed by atoms with van der Waals surface area (Å²) in [6.45, 7) is 1.41. The van der Waals surface area contributed by atoms with Crippen molar-refractivity contribution in [3.8, 4) is 16.9 Å². The SMILES string of the molecule is CC(Oc1ccc(-c2cc(F)ccc2F)cc1)C(=O)O. The van der Waals surface area contributed by atoms with E-state index in [0.29, 0.717) is 11.3 Å². The summed E-state index contributed by atoms with van der Waals surface area (Å²) < 4.78 is 31.9. The molecular formula is C15H12F2O3. The molecule has 1 N–H and O–H groups in total. The molecule has 0 saturated carbocycles. The average molecular weight is 278 g/mol. The van der Waals surface area contributed by atoms with E-state index in [0.717, 1.165) is 18.2 Å². The molecule has 0 aliphatic heterocycles. The maximum Gasteiger partial charge on any atom is 0.344 e. The van der Waals surface area contributed by atoms with Gasteiger partial charge in [-0.15, -0.1) is 0 Å². The Balaban J connectivity index is 2.24. The van der Waals surface area contributed by atoms with Crippen LogP contribution in [0.3, 0.4) is 0 Å². The van der Waals surface area contributed by atoms with E-state index < -0.39 is 23.7 Å².